The molecular formula is C23H30N2O4. The van der Waals surface area contributed by atoms with Crippen molar-refractivity contribution in [1.82, 2.24) is 10.2 Å². The number of benzene rings is 2. The van der Waals surface area contributed by atoms with Crippen molar-refractivity contribution in [2.45, 2.75) is 33.4 Å². The fraction of sp³-hybridized carbons (Fsp3) is 0.435. The summed E-state index contributed by atoms with van der Waals surface area (Å²) in [6.07, 6.45) is -0.197. The Balaban J connectivity index is 1.54. The normalized spacial score (nSPS) is 15.1. The lowest BCUT2D eigenvalue weighted by Crippen LogP contribution is -2.47. The SMILES string of the molecule is CCN(CC1COc2ccccc2O1)C(=O)NCc1ccccc1OCC(C)C. The monoisotopic (exact) mass is 398 g/mol. The van der Waals surface area contributed by atoms with Crippen molar-refractivity contribution in [3.63, 3.8) is 0 Å². The number of carbonyl (C=O) groups is 1. The Morgan fingerprint density at radius 1 is 1.17 bits per heavy atom. The first-order valence-electron chi connectivity index (χ1n) is 10.2. The number of likely N-dealkylation sites (N-methyl/N-ethyl adjacent to an activating group) is 1. The van der Waals surface area contributed by atoms with Crippen LogP contribution in [0.5, 0.6) is 17.2 Å². The van der Waals surface area contributed by atoms with Gasteiger partial charge < -0.3 is 24.4 Å². The van der Waals surface area contributed by atoms with Crippen LogP contribution in [0.1, 0.15) is 26.3 Å². The molecule has 0 saturated heterocycles. The second-order valence-electron chi connectivity index (χ2n) is 7.51. The maximum atomic E-state index is 12.7. The molecule has 6 nitrogen and oxygen atoms in total. The summed E-state index contributed by atoms with van der Waals surface area (Å²) >= 11 is 0. The van der Waals surface area contributed by atoms with E-state index in [0.29, 0.717) is 38.8 Å². The standard InChI is InChI=1S/C23H30N2O4/c1-4-25(14-19-16-28-21-11-7-8-12-22(21)29-19)23(26)24-13-18-9-5-6-10-20(18)27-15-17(2)3/h5-12,17,19H,4,13-16H2,1-3H3,(H,24,26). The van der Waals surface area contributed by atoms with Gasteiger partial charge >= 0.3 is 6.03 Å². The first-order valence-corrected chi connectivity index (χ1v) is 10.2. The van der Waals surface area contributed by atoms with Crippen molar-refractivity contribution in [3.8, 4) is 17.2 Å². The van der Waals surface area contributed by atoms with Crippen LogP contribution in [0.15, 0.2) is 48.5 Å². The van der Waals surface area contributed by atoms with E-state index in [1.54, 1.807) is 4.90 Å². The number of nitrogens with zero attached hydrogens (tertiary/aromatic N) is 1. The molecule has 1 unspecified atom stereocenters. The number of nitrogens with one attached hydrogen (secondary N) is 1. The Bertz CT molecular complexity index is 809. The molecule has 29 heavy (non-hydrogen) atoms. The van der Waals surface area contributed by atoms with E-state index >= 15 is 0 Å². The summed E-state index contributed by atoms with van der Waals surface area (Å²) in [7, 11) is 0. The molecule has 0 radical (unpaired) electrons. The quantitative estimate of drug-likeness (QED) is 0.728. The van der Waals surface area contributed by atoms with E-state index in [2.05, 4.69) is 19.2 Å². The number of hydrogen-bond acceptors (Lipinski definition) is 4. The van der Waals surface area contributed by atoms with E-state index < -0.39 is 0 Å². The van der Waals surface area contributed by atoms with Crippen molar-refractivity contribution in [2.75, 3.05) is 26.3 Å². The first kappa shape index (κ1) is 20.8. The first-order chi connectivity index (χ1) is 14.1. The predicted molar refractivity (Wildman–Crippen MR) is 113 cm³/mol. The van der Waals surface area contributed by atoms with Gasteiger partial charge in [0.1, 0.15) is 12.4 Å². The van der Waals surface area contributed by atoms with Gasteiger partial charge in [-0.15, -0.1) is 0 Å². The Morgan fingerprint density at radius 2 is 1.90 bits per heavy atom. The Hall–Kier alpha value is -2.89. The molecule has 0 spiro atoms. The highest BCUT2D eigenvalue weighted by Crippen LogP contribution is 2.31. The van der Waals surface area contributed by atoms with Gasteiger partial charge in [-0.05, 0) is 31.0 Å². The molecular weight excluding hydrogens is 368 g/mol. The topological polar surface area (TPSA) is 60.0 Å². The van der Waals surface area contributed by atoms with E-state index in [9.17, 15) is 4.79 Å². The maximum absolute atomic E-state index is 12.7. The third-order valence-electron chi connectivity index (χ3n) is 4.64. The smallest absolute Gasteiger partial charge is 0.317 e. The number of para-hydroxylation sites is 3. The van der Waals surface area contributed by atoms with Gasteiger partial charge in [0.05, 0.1) is 13.2 Å². The third-order valence-corrected chi connectivity index (χ3v) is 4.64. The van der Waals surface area contributed by atoms with Crippen LogP contribution in [-0.2, 0) is 6.54 Å². The summed E-state index contributed by atoms with van der Waals surface area (Å²) in [5, 5.41) is 3.00. The number of urea groups is 1. The van der Waals surface area contributed by atoms with Gasteiger partial charge in [-0.25, -0.2) is 4.79 Å². The van der Waals surface area contributed by atoms with Crippen molar-refractivity contribution in [3.05, 3.63) is 54.1 Å². The minimum Gasteiger partial charge on any atom is -0.493 e. The molecule has 1 N–H and O–H groups in total. The summed E-state index contributed by atoms with van der Waals surface area (Å²) in [5.74, 6) is 2.71. The molecule has 2 amide bonds. The minimum absolute atomic E-state index is 0.131. The van der Waals surface area contributed by atoms with E-state index in [4.69, 9.17) is 14.2 Å². The number of carbonyl (C=O) groups excluding carboxylic acids is 1. The van der Waals surface area contributed by atoms with Crippen molar-refractivity contribution < 1.29 is 19.0 Å². The molecule has 1 aliphatic heterocycles. The van der Waals surface area contributed by atoms with Gasteiger partial charge in [-0.3, -0.25) is 0 Å². The lowest BCUT2D eigenvalue weighted by Gasteiger charge is -2.31. The number of ether oxygens (including phenoxy) is 3. The van der Waals surface area contributed by atoms with E-state index in [1.165, 1.54) is 0 Å². The molecule has 0 fully saturated rings. The van der Waals surface area contributed by atoms with Crippen LogP contribution in [0.25, 0.3) is 0 Å². The van der Waals surface area contributed by atoms with Crippen molar-refractivity contribution in [1.29, 1.82) is 0 Å². The average Bonchev–Trinajstić information content (AvgIpc) is 2.74. The molecule has 156 valence electrons. The van der Waals surface area contributed by atoms with Crippen LogP contribution in [0.2, 0.25) is 0 Å². The molecule has 0 saturated carbocycles. The second-order valence-corrected chi connectivity index (χ2v) is 7.51. The van der Waals surface area contributed by atoms with Crippen molar-refractivity contribution in [2.24, 2.45) is 5.92 Å². The molecule has 0 aliphatic carbocycles. The van der Waals surface area contributed by atoms with Crippen LogP contribution in [0, 0.1) is 5.92 Å². The van der Waals surface area contributed by atoms with Gasteiger partial charge in [0.2, 0.25) is 0 Å². The Kier molecular flexibility index (Phi) is 7.22. The fourth-order valence-corrected chi connectivity index (χ4v) is 3.08. The molecule has 2 aromatic rings. The van der Waals surface area contributed by atoms with Gasteiger partial charge in [0.15, 0.2) is 17.6 Å². The maximum Gasteiger partial charge on any atom is 0.317 e. The number of fused-ring (bicyclic) bond motifs is 1. The molecule has 1 atom stereocenters. The summed E-state index contributed by atoms with van der Waals surface area (Å²) in [4.78, 5) is 14.5. The van der Waals surface area contributed by atoms with E-state index in [1.807, 2.05) is 55.5 Å². The number of hydrogen-bond donors (Lipinski definition) is 1. The van der Waals surface area contributed by atoms with Crippen LogP contribution < -0.4 is 19.5 Å². The molecule has 0 aromatic heterocycles. The molecule has 0 bridgehead atoms. The molecule has 1 aliphatic rings. The van der Waals surface area contributed by atoms with Gasteiger partial charge in [-0.2, -0.15) is 0 Å². The zero-order chi connectivity index (χ0) is 20.6. The third kappa shape index (κ3) is 5.79. The second kappa shape index (κ2) is 10.0. The van der Waals surface area contributed by atoms with Crippen LogP contribution >= 0.6 is 0 Å². The van der Waals surface area contributed by atoms with Crippen LogP contribution in [-0.4, -0.2) is 43.3 Å². The van der Waals surface area contributed by atoms with Crippen molar-refractivity contribution >= 4 is 6.03 Å². The van der Waals surface area contributed by atoms with Crippen LogP contribution in [0.4, 0.5) is 4.79 Å². The highest BCUT2D eigenvalue weighted by Gasteiger charge is 2.24. The predicted octanol–water partition coefficient (Wildman–Crippen LogP) is 4.09. The zero-order valence-electron chi connectivity index (χ0n) is 17.4. The van der Waals surface area contributed by atoms with Gasteiger partial charge in [-0.1, -0.05) is 44.2 Å². The van der Waals surface area contributed by atoms with Crippen LogP contribution in [0.3, 0.4) is 0 Å². The summed E-state index contributed by atoms with van der Waals surface area (Å²) in [6.45, 7) is 8.70. The number of amides is 2. The fourth-order valence-electron chi connectivity index (χ4n) is 3.08. The lowest BCUT2D eigenvalue weighted by atomic mass is 10.2. The molecule has 3 rings (SSSR count). The summed E-state index contributed by atoms with van der Waals surface area (Å²) in [6, 6.07) is 15.3. The number of rotatable bonds is 8. The summed E-state index contributed by atoms with van der Waals surface area (Å²) < 4.78 is 17.6. The Morgan fingerprint density at radius 3 is 2.66 bits per heavy atom. The Labute approximate surface area is 172 Å². The van der Waals surface area contributed by atoms with Gasteiger partial charge in [0.25, 0.3) is 0 Å². The largest absolute Gasteiger partial charge is 0.493 e. The lowest BCUT2D eigenvalue weighted by molar-refractivity contribution is 0.0675. The highest BCUT2D eigenvalue weighted by atomic mass is 16.6. The van der Waals surface area contributed by atoms with E-state index in [0.717, 1.165) is 22.8 Å². The molecule has 2 aromatic carbocycles. The minimum atomic E-state index is -0.197. The highest BCUT2D eigenvalue weighted by molar-refractivity contribution is 5.74. The zero-order valence-corrected chi connectivity index (χ0v) is 17.4. The molecule has 6 heteroatoms. The average molecular weight is 399 g/mol. The molecule has 1 heterocycles. The summed E-state index contributed by atoms with van der Waals surface area (Å²) in [5.41, 5.74) is 0.962. The van der Waals surface area contributed by atoms with E-state index in [-0.39, 0.29) is 12.1 Å². The van der Waals surface area contributed by atoms with Gasteiger partial charge in [0, 0.05) is 18.7 Å².